The number of carbonyl (C=O) groups is 1. The second-order valence-electron chi connectivity index (χ2n) is 6.49. The van der Waals surface area contributed by atoms with Crippen molar-refractivity contribution in [1.29, 1.82) is 0 Å². The standard InChI is InChI=1S/C18H21FN2O6S/c1-18(17(23)20-24,28(3,25)26)7-9-21-8-6-13(11-16(21)22)12-4-5-15(27-2)14(19)10-12/h4-6,8,10-11,24H,7,9H2,1-3H3,(H,20,23)/t18-/m1/s1. The first-order chi connectivity index (χ1) is 13.0. The number of carbonyl (C=O) groups excluding carboxylic acids is 1. The second-order valence-corrected chi connectivity index (χ2v) is 8.94. The monoisotopic (exact) mass is 412 g/mol. The molecule has 8 nitrogen and oxygen atoms in total. The van der Waals surface area contributed by atoms with Crippen molar-refractivity contribution in [2.75, 3.05) is 13.4 Å². The van der Waals surface area contributed by atoms with Crippen molar-refractivity contribution in [1.82, 2.24) is 10.0 Å². The summed E-state index contributed by atoms with van der Waals surface area (Å²) in [6, 6.07) is 7.15. The van der Waals surface area contributed by atoms with Crippen LogP contribution in [0.25, 0.3) is 11.1 Å². The predicted molar refractivity (Wildman–Crippen MR) is 100 cm³/mol. The summed E-state index contributed by atoms with van der Waals surface area (Å²) in [5.41, 5.74) is 1.86. The van der Waals surface area contributed by atoms with Gasteiger partial charge in [0.25, 0.3) is 11.5 Å². The molecule has 2 rings (SSSR count). The number of hydrogen-bond acceptors (Lipinski definition) is 6. The third-order valence-corrected chi connectivity index (χ3v) is 6.74. The van der Waals surface area contributed by atoms with Crippen LogP contribution in [0.3, 0.4) is 0 Å². The lowest BCUT2D eigenvalue weighted by molar-refractivity contribution is -0.131. The molecule has 2 aromatic rings. The van der Waals surface area contributed by atoms with Crippen molar-refractivity contribution in [3.05, 3.63) is 52.7 Å². The molecular formula is C18H21FN2O6S. The van der Waals surface area contributed by atoms with Crippen LogP contribution in [-0.4, -0.2) is 42.2 Å². The van der Waals surface area contributed by atoms with E-state index in [1.165, 1.54) is 48.5 Å². The smallest absolute Gasteiger partial charge is 0.264 e. The fraction of sp³-hybridized carbons (Fsp3) is 0.333. The number of aryl methyl sites for hydroxylation is 1. The van der Waals surface area contributed by atoms with Gasteiger partial charge in [-0.05, 0) is 42.7 Å². The fourth-order valence-corrected chi connectivity index (χ4v) is 3.48. The number of sulfone groups is 1. The Kier molecular flexibility index (Phi) is 6.25. The van der Waals surface area contributed by atoms with E-state index >= 15 is 0 Å². The summed E-state index contributed by atoms with van der Waals surface area (Å²) < 4.78 is 42.0. The number of pyridine rings is 1. The number of rotatable bonds is 7. The third-order valence-electron chi connectivity index (χ3n) is 4.71. The Bertz CT molecular complexity index is 1050. The van der Waals surface area contributed by atoms with Crippen molar-refractivity contribution in [3.8, 4) is 16.9 Å². The lowest BCUT2D eigenvalue weighted by Crippen LogP contribution is -2.49. The Morgan fingerprint density at radius 3 is 2.43 bits per heavy atom. The minimum atomic E-state index is -3.86. The van der Waals surface area contributed by atoms with Gasteiger partial charge in [0.1, 0.15) is 0 Å². The van der Waals surface area contributed by atoms with Gasteiger partial charge in [0, 0.05) is 25.1 Å². The Labute approximate surface area is 161 Å². The average molecular weight is 412 g/mol. The quantitative estimate of drug-likeness (QED) is 0.524. The molecular weight excluding hydrogens is 391 g/mol. The molecule has 0 fully saturated rings. The number of hydroxylamine groups is 1. The highest BCUT2D eigenvalue weighted by Gasteiger charge is 2.43. The van der Waals surface area contributed by atoms with Gasteiger partial charge >= 0.3 is 0 Å². The lowest BCUT2D eigenvalue weighted by atomic mass is 10.1. The molecule has 0 radical (unpaired) electrons. The molecule has 0 unspecified atom stereocenters. The van der Waals surface area contributed by atoms with Crippen LogP contribution in [0, 0.1) is 5.82 Å². The molecule has 0 saturated heterocycles. The van der Waals surface area contributed by atoms with Gasteiger partial charge in [-0.15, -0.1) is 0 Å². The van der Waals surface area contributed by atoms with E-state index in [-0.39, 0.29) is 18.7 Å². The summed E-state index contributed by atoms with van der Waals surface area (Å²) in [5.74, 6) is -1.56. The molecule has 1 aromatic heterocycles. The van der Waals surface area contributed by atoms with Crippen molar-refractivity contribution in [2.24, 2.45) is 0 Å². The minimum absolute atomic E-state index is 0.0763. The maximum absolute atomic E-state index is 13.9. The van der Waals surface area contributed by atoms with Gasteiger partial charge in [-0.2, -0.15) is 0 Å². The maximum atomic E-state index is 13.9. The molecule has 10 heteroatoms. The zero-order valence-corrected chi connectivity index (χ0v) is 16.4. The summed E-state index contributed by atoms with van der Waals surface area (Å²) in [7, 11) is -2.51. The molecule has 1 amide bonds. The molecule has 0 aliphatic heterocycles. The molecule has 0 aliphatic carbocycles. The molecule has 1 aromatic carbocycles. The Balaban J connectivity index is 2.29. The summed E-state index contributed by atoms with van der Waals surface area (Å²) in [5, 5.41) is 8.84. The summed E-state index contributed by atoms with van der Waals surface area (Å²) in [4.78, 5) is 24.2. The number of aromatic nitrogens is 1. The van der Waals surface area contributed by atoms with Crippen LogP contribution in [0.15, 0.2) is 41.3 Å². The summed E-state index contributed by atoms with van der Waals surface area (Å²) >= 11 is 0. The topological polar surface area (TPSA) is 115 Å². The van der Waals surface area contributed by atoms with Crippen molar-refractivity contribution in [2.45, 2.75) is 24.6 Å². The average Bonchev–Trinajstić information content (AvgIpc) is 2.65. The first-order valence-corrected chi connectivity index (χ1v) is 10.1. The van der Waals surface area contributed by atoms with E-state index in [2.05, 4.69) is 0 Å². The van der Waals surface area contributed by atoms with Crippen LogP contribution in [0.5, 0.6) is 5.75 Å². The van der Waals surface area contributed by atoms with Crippen LogP contribution in [0.2, 0.25) is 0 Å². The normalized spacial score (nSPS) is 13.6. The molecule has 0 bridgehead atoms. The number of ether oxygens (including phenoxy) is 1. The highest BCUT2D eigenvalue weighted by molar-refractivity contribution is 7.92. The number of nitrogens with one attached hydrogen (secondary N) is 1. The van der Waals surface area contributed by atoms with Crippen LogP contribution < -0.4 is 15.8 Å². The van der Waals surface area contributed by atoms with E-state index in [4.69, 9.17) is 9.94 Å². The van der Waals surface area contributed by atoms with Crippen molar-refractivity contribution < 1.29 is 27.5 Å². The zero-order valence-electron chi connectivity index (χ0n) is 15.6. The number of halogens is 1. The van der Waals surface area contributed by atoms with E-state index in [0.717, 1.165) is 6.26 Å². The highest BCUT2D eigenvalue weighted by Crippen LogP contribution is 2.25. The lowest BCUT2D eigenvalue weighted by Gasteiger charge is -2.25. The Hall–Kier alpha value is -2.72. The van der Waals surface area contributed by atoms with Gasteiger partial charge in [-0.1, -0.05) is 6.07 Å². The van der Waals surface area contributed by atoms with Gasteiger partial charge in [0.05, 0.1) is 7.11 Å². The van der Waals surface area contributed by atoms with Gasteiger partial charge < -0.3 is 9.30 Å². The maximum Gasteiger partial charge on any atom is 0.264 e. The van der Waals surface area contributed by atoms with Gasteiger partial charge in [0.15, 0.2) is 26.2 Å². The zero-order chi connectivity index (χ0) is 21.1. The fourth-order valence-electron chi connectivity index (χ4n) is 2.64. The molecule has 1 heterocycles. The first-order valence-electron chi connectivity index (χ1n) is 8.22. The van der Waals surface area contributed by atoms with Gasteiger partial charge in [-0.3, -0.25) is 14.8 Å². The van der Waals surface area contributed by atoms with E-state index in [9.17, 15) is 22.4 Å². The second kappa shape index (κ2) is 8.11. The van der Waals surface area contributed by atoms with Crippen molar-refractivity contribution >= 4 is 15.7 Å². The number of hydrogen-bond donors (Lipinski definition) is 2. The summed E-state index contributed by atoms with van der Waals surface area (Å²) in [6.07, 6.45) is 2.08. The Morgan fingerprint density at radius 1 is 1.29 bits per heavy atom. The number of amides is 1. The van der Waals surface area contributed by atoms with Crippen LogP contribution >= 0.6 is 0 Å². The van der Waals surface area contributed by atoms with Crippen LogP contribution in [0.4, 0.5) is 4.39 Å². The van der Waals surface area contributed by atoms with E-state index in [1.807, 2.05) is 0 Å². The van der Waals surface area contributed by atoms with Crippen LogP contribution in [0.1, 0.15) is 13.3 Å². The molecule has 152 valence electrons. The molecule has 2 N–H and O–H groups in total. The van der Waals surface area contributed by atoms with E-state index in [1.54, 1.807) is 12.1 Å². The summed E-state index contributed by atoms with van der Waals surface area (Å²) in [6.45, 7) is 1.10. The Morgan fingerprint density at radius 2 is 1.93 bits per heavy atom. The van der Waals surface area contributed by atoms with E-state index < -0.39 is 31.9 Å². The van der Waals surface area contributed by atoms with Crippen LogP contribution in [-0.2, 0) is 21.2 Å². The number of benzene rings is 1. The largest absolute Gasteiger partial charge is 0.494 e. The molecule has 1 atom stereocenters. The SMILES string of the molecule is COc1ccc(-c2ccn(CC[C@](C)(C(=O)NO)S(C)(=O)=O)c(=O)c2)cc1F. The molecule has 0 saturated carbocycles. The molecule has 28 heavy (non-hydrogen) atoms. The van der Waals surface area contributed by atoms with Gasteiger partial charge in [0.2, 0.25) is 0 Å². The van der Waals surface area contributed by atoms with Crippen molar-refractivity contribution in [3.63, 3.8) is 0 Å². The molecule has 0 aliphatic rings. The minimum Gasteiger partial charge on any atom is -0.494 e. The third kappa shape index (κ3) is 4.23. The highest BCUT2D eigenvalue weighted by atomic mass is 32.2. The molecule has 0 spiro atoms. The first kappa shape index (κ1) is 21.6. The number of nitrogens with zero attached hydrogens (tertiary/aromatic N) is 1. The van der Waals surface area contributed by atoms with Gasteiger partial charge in [-0.25, -0.2) is 18.3 Å². The predicted octanol–water partition coefficient (Wildman–Crippen LogP) is 1.36. The number of methoxy groups -OCH3 is 1. The van der Waals surface area contributed by atoms with E-state index in [0.29, 0.717) is 11.1 Å².